The number of likely N-dealkylation sites (N-methyl/N-ethyl adjacent to an activating group) is 1. The fourth-order valence-corrected chi connectivity index (χ4v) is 2.80. The minimum Gasteiger partial charge on any atom is -0.309 e. The maximum Gasteiger partial charge on any atom is 0.0797 e. The van der Waals surface area contributed by atoms with E-state index in [1.807, 2.05) is 36.1 Å². The summed E-state index contributed by atoms with van der Waals surface area (Å²) >= 11 is 9.71. The van der Waals surface area contributed by atoms with Gasteiger partial charge in [0.2, 0.25) is 0 Å². The lowest BCUT2D eigenvalue weighted by molar-refractivity contribution is 0.528. The Hall–Kier alpha value is -0.840. The third-order valence-corrected chi connectivity index (χ3v) is 3.83. The van der Waals surface area contributed by atoms with Crippen LogP contribution in [0.25, 0.3) is 0 Å². The summed E-state index contributed by atoms with van der Waals surface area (Å²) < 4.78 is 2.82. The lowest BCUT2D eigenvalue weighted by Crippen LogP contribution is -2.23. The quantitative estimate of drug-likeness (QED) is 0.897. The van der Waals surface area contributed by atoms with Gasteiger partial charge in [0.15, 0.2) is 0 Å². The number of halogens is 2. The molecule has 2 aromatic rings. The van der Waals surface area contributed by atoms with Gasteiger partial charge in [-0.15, -0.1) is 0 Å². The number of aromatic nitrogens is 2. The van der Waals surface area contributed by atoms with E-state index in [1.54, 1.807) is 0 Å². The van der Waals surface area contributed by atoms with Crippen molar-refractivity contribution in [1.29, 1.82) is 0 Å². The third kappa shape index (κ3) is 3.81. The van der Waals surface area contributed by atoms with Gasteiger partial charge in [0.05, 0.1) is 11.7 Å². The summed E-state index contributed by atoms with van der Waals surface area (Å²) in [5.41, 5.74) is 2.17. The van der Waals surface area contributed by atoms with Gasteiger partial charge in [-0.3, -0.25) is 4.68 Å². The number of nitrogens with zero attached hydrogens (tertiary/aromatic N) is 2. The summed E-state index contributed by atoms with van der Waals surface area (Å²) in [6, 6.07) is 8.23. The van der Waals surface area contributed by atoms with Crippen LogP contribution in [-0.2, 0) is 13.5 Å². The zero-order valence-electron chi connectivity index (χ0n) is 11.0. The van der Waals surface area contributed by atoms with Gasteiger partial charge in [0, 0.05) is 22.7 Å². The maximum absolute atomic E-state index is 6.28. The largest absolute Gasteiger partial charge is 0.309 e. The van der Waals surface area contributed by atoms with Gasteiger partial charge in [-0.1, -0.05) is 40.5 Å². The van der Waals surface area contributed by atoms with Crippen molar-refractivity contribution in [3.8, 4) is 0 Å². The molecule has 0 radical (unpaired) electrons. The number of hydrogen-bond donors (Lipinski definition) is 1. The molecule has 0 saturated carbocycles. The minimum atomic E-state index is 0.185. The van der Waals surface area contributed by atoms with Crippen molar-refractivity contribution in [2.75, 3.05) is 6.54 Å². The lowest BCUT2D eigenvalue weighted by atomic mass is 10.0. The van der Waals surface area contributed by atoms with Gasteiger partial charge in [0.25, 0.3) is 0 Å². The van der Waals surface area contributed by atoms with Gasteiger partial charge in [-0.05, 0) is 36.7 Å². The number of nitrogens with one attached hydrogen (secondary N) is 1. The first-order chi connectivity index (χ1) is 9.10. The van der Waals surface area contributed by atoms with Crippen molar-refractivity contribution in [3.63, 3.8) is 0 Å². The molecule has 3 nitrogen and oxygen atoms in total. The smallest absolute Gasteiger partial charge is 0.0797 e. The highest BCUT2D eigenvalue weighted by atomic mass is 79.9. The monoisotopic (exact) mass is 341 g/mol. The molecule has 1 aromatic carbocycles. The van der Waals surface area contributed by atoms with Crippen LogP contribution in [-0.4, -0.2) is 16.3 Å². The molecule has 1 atom stereocenters. The van der Waals surface area contributed by atoms with Crippen molar-refractivity contribution >= 4 is 27.5 Å². The summed E-state index contributed by atoms with van der Waals surface area (Å²) in [5.74, 6) is 0. The number of rotatable bonds is 5. The van der Waals surface area contributed by atoms with Crippen LogP contribution in [0.3, 0.4) is 0 Å². The van der Waals surface area contributed by atoms with Gasteiger partial charge in [-0.2, -0.15) is 5.10 Å². The molecule has 0 aliphatic carbocycles. The Labute approximate surface area is 127 Å². The van der Waals surface area contributed by atoms with Crippen LogP contribution in [0.1, 0.15) is 24.2 Å². The molecule has 1 N–H and O–H groups in total. The van der Waals surface area contributed by atoms with Crippen LogP contribution in [0.15, 0.2) is 34.9 Å². The first kappa shape index (κ1) is 14.6. The fourth-order valence-electron chi connectivity index (χ4n) is 2.05. The summed E-state index contributed by atoms with van der Waals surface area (Å²) in [6.07, 6.45) is 2.79. The van der Waals surface area contributed by atoms with Gasteiger partial charge in [-0.25, -0.2) is 0 Å². The Bertz CT molecular complexity index is 553. The molecule has 0 aliphatic rings. The minimum absolute atomic E-state index is 0.185. The van der Waals surface area contributed by atoms with Crippen molar-refractivity contribution < 1.29 is 0 Å². The Balaban J connectivity index is 2.21. The van der Waals surface area contributed by atoms with Crippen molar-refractivity contribution in [2.24, 2.45) is 7.05 Å². The van der Waals surface area contributed by atoms with Crippen LogP contribution in [0, 0.1) is 0 Å². The van der Waals surface area contributed by atoms with Crippen LogP contribution < -0.4 is 5.32 Å². The molecule has 0 aliphatic heterocycles. The summed E-state index contributed by atoms with van der Waals surface area (Å²) in [5, 5.41) is 8.72. The Morgan fingerprint density at radius 3 is 2.79 bits per heavy atom. The number of benzene rings is 1. The predicted molar refractivity (Wildman–Crippen MR) is 82.5 cm³/mol. The maximum atomic E-state index is 6.28. The molecular weight excluding hydrogens is 326 g/mol. The number of hydrogen-bond acceptors (Lipinski definition) is 2. The van der Waals surface area contributed by atoms with E-state index in [1.165, 1.54) is 0 Å². The Morgan fingerprint density at radius 2 is 2.21 bits per heavy atom. The lowest BCUT2D eigenvalue weighted by Gasteiger charge is -2.16. The van der Waals surface area contributed by atoms with Crippen molar-refractivity contribution in [2.45, 2.75) is 19.4 Å². The number of aryl methyl sites for hydroxylation is 1. The molecule has 0 amide bonds. The van der Waals surface area contributed by atoms with Crippen LogP contribution in [0.2, 0.25) is 5.02 Å². The molecule has 2 rings (SSSR count). The molecule has 0 spiro atoms. The van der Waals surface area contributed by atoms with Crippen LogP contribution in [0.5, 0.6) is 0 Å². The first-order valence-corrected chi connectivity index (χ1v) is 7.44. The first-order valence-electron chi connectivity index (χ1n) is 6.27. The molecule has 0 bridgehead atoms. The van der Waals surface area contributed by atoms with E-state index in [0.29, 0.717) is 0 Å². The van der Waals surface area contributed by atoms with E-state index >= 15 is 0 Å². The fraction of sp³-hybridized carbons (Fsp3) is 0.357. The van der Waals surface area contributed by atoms with Crippen molar-refractivity contribution in [1.82, 2.24) is 15.1 Å². The van der Waals surface area contributed by atoms with Crippen LogP contribution in [0.4, 0.5) is 0 Å². The second kappa shape index (κ2) is 6.55. The van der Waals surface area contributed by atoms with E-state index in [0.717, 1.165) is 33.7 Å². The van der Waals surface area contributed by atoms with Gasteiger partial charge < -0.3 is 5.32 Å². The standard InChI is InChI=1S/C14H17BrClN3/c1-3-17-14(13-6-7-19(2)18-13)8-10-4-5-11(15)9-12(10)16/h4-7,9,14,17H,3,8H2,1-2H3. The predicted octanol–water partition coefficient (Wildman–Crippen LogP) is 3.73. The van der Waals surface area contributed by atoms with Gasteiger partial charge >= 0.3 is 0 Å². The Kier molecular flexibility index (Phi) is 5.02. The third-order valence-electron chi connectivity index (χ3n) is 2.98. The average Bonchev–Trinajstić information content (AvgIpc) is 2.78. The average molecular weight is 343 g/mol. The van der Waals surface area contributed by atoms with E-state index in [2.05, 4.69) is 39.3 Å². The normalized spacial score (nSPS) is 12.6. The van der Waals surface area contributed by atoms with E-state index in [9.17, 15) is 0 Å². The highest BCUT2D eigenvalue weighted by Crippen LogP contribution is 2.25. The molecule has 19 heavy (non-hydrogen) atoms. The van der Waals surface area contributed by atoms with Crippen LogP contribution >= 0.6 is 27.5 Å². The van der Waals surface area contributed by atoms with Gasteiger partial charge in [0.1, 0.15) is 0 Å². The Morgan fingerprint density at radius 1 is 1.42 bits per heavy atom. The second-order valence-electron chi connectivity index (χ2n) is 4.46. The summed E-state index contributed by atoms with van der Waals surface area (Å²) in [4.78, 5) is 0. The molecular formula is C14H17BrClN3. The summed E-state index contributed by atoms with van der Waals surface area (Å²) in [6.45, 7) is 2.99. The van der Waals surface area contributed by atoms with E-state index < -0.39 is 0 Å². The molecule has 0 fully saturated rings. The SMILES string of the molecule is CCNC(Cc1ccc(Br)cc1Cl)c1ccn(C)n1. The van der Waals surface area contributed by atoms with Crippen molar-refractivity contribution in [3.05, 3.63) is 51.2 Å². The molecule has 102 valence electrons. The topological polar surface area (TPSA) is 29.9 Å². The second-order valence-corrected chi connectivity index (χ2v) is 5.79. The summed E-state index contributed by atoms with van der Waals surface area (Å²) in [7, 11) is 1.93. The molecule has 1 heterocycles. The van der Waals surface area contributed by atoms with E-state index in [4.69, 9.17) is 11.6 Å². The molecule has 1 unspecified atom stereocenters. The molecule has 0 saturated heterocycles. The highest BCUT2D eigenvalue weighted by molar-refractivity contribution is 9.10. The van der Waals surface area contributed by atoms with E-state index in [-0.39, 0.29) is 6.04 Å². The molecule has 1 aromatic heterocycles. The highest BCUT2D eigenvalue weighted by Gasteiger charge is 2.15. The zero-order valence-corrected chi connectivity index (χ0v) is 13.4. The molecule has 5 heteroatoms. The zero-order chi connectivity index (χ0) is 13.8.